The number of Topliss-reactive ketones (excluding diaryl/α,β-unsaturated/α-hetero) is 1. The van der Waals surface area contributed by atoms with Crippen molar-refractivity contribution in [2.75, 3.05) is 0 Å². The zero-order valence-electron chi connectivity index (χ0n) is 4.00. The highest BCUT2D eigenvalue weighted by Gasteiger charge is 2.23. The summed E-state index contributed by atoms with van der Waals surface area (Å²) in [6.45, 7) is 0. The van der Waals surface area contributed by atoms with Crippen LogP contribution in [0.2, 0.25) is 0 Å². The van der Waals surface area contributed by atoms with Gasteiger partial charge in [0, 0.05) is 0 Å². The van der Waals surface area contributed by atoms with Gasteiger partial charge in [0.05, 0.1) is 0 Å². The van der Waals surface area contributed by atoms with Crippen molar-refractivity contribution in [3.05, 3.63) is 12.2 Å². The molecule has 0 bridgehead atoms. The second-order valence-corrected chi connectivity index (χ2v) is 1.53. The summed E-state index contributed by atoms with van der Waals surface area (Å²) in [7, 11) is 0. The molecule has 8 heavy (non-hydrogen) atoms. The summed E-state index contributed by atoms with van der Waals surface area (Å²) in [6.07, 6.45) is 1.07. The van der Waals surface area contributed by atoms with E-state index in [0.717, 1.165) is 6.08 Å². The molecule has 0 aromatic rings. The Hall–Kier alpha value is -0.960. The lowest BCUT2D eigenvalue weighted by Crippen LogP contribution is -2.18. The lowest BCUT2D eigenvalue weighted by Gasteiger charge is -1.88. The van der Waals surface area contributed by atoms with E-state index in [0.29, 0.717) is 0 Å². The Kier molecular flexibility index (Phi) is 0.986. The first-order chi connectivity index (χ1) is 3.72. The smallest absolute Gasteiger partial charge is 0.234 e. The molecule has 3 nitrogen and oxygen atoms in total. The molecule has 0 amide bonds. The van der Waals surface area contributed by atoms with Crippen LogP contribution in [0.1, 0.15) is 0 Å². The fraction of sp³-hybridized carbons (Fsp3) is 0.200. The second kappa shape index (κ2) is 1.52. The summed E-state index contributed by atoms with van der Waals surface area (Å²) in [5.74, 6) is -1.34. The van der Waals surface area contributed by atoms with Crippen molar-refractivity contribution in [1.29, 1.82) is 0 Å². The van der Waals surface area contributed by atoms with Crippen molar-refractivity contribution in [3.8, 4) is 0 Å². The average molecular weight is 112 g/mol. The molecule has 0 fully saturated rings. The second-order valence-electron chi connectivity index (χ2n) is 1.53. The highest BCUT2D eigenvalue weighted by Crippen LogP contribution is 1.99. The maximum Gasteiger partial charge on any atom is 0.234 e. The quantitative estimate of drug-likeness (QED) is 0.411. The van der Waals surface area contributed by atoms with E-state index in [1.54, 1.807) is 0 Å². The zero-order chi connectivity index (χ0) is 6.15. The van der Waals surface area contributed by atoms with E-state index in [2.05, 4.69) is 0 Å². The van der Waals surface area contributed by atoms with Gasteiger partial charge in [-0.15, -0.1) is 0 Å². The number of aliphatic hydroxyl groups excluding tert-OH is 1. The number of ketones is 2. The summed E-state index contributed by atoms with van der Waals surface area (Å²) >= 11 is 0. The largest absolute Gasteiger partial charge is 0.381 e. The standard InChI is InChI=1S/C5H4O3/c6-3-1-2-4(7)5(3)8/h1-3,6H. The minimum atomic E-state index is -1.18. The predicted octanol–water partition coefficient (Wildman–Crippen LogP) is -0.945. The van der Waals surface area contributed by atoms with Gasteiger partial charge in [-0.05, 0) is 12.2 Å². The topological polar surface area (TPSA) is 54.4 Å². The molecule has 3 heteroatoms. The summed E-state index contributed by atoms with van der Waals surface area (Å²) in [6, 6.07) is 0. The third-order valence-corrected chi connectivity index (χ3v) is 0.941. The van der Waals surface area contributed by atoms with Crippen LogP contribution in [0.25, 0.3) is 0 Å². The fourth-order valence-corrected chi connectivity index (χ4v) is 0.494. The van der Waals surface area contributed by atoms with Crippen LogP contribution in [0.15, 0.2) is 12.2 Å². The fourth-order valence-electron chi connectivity index (χ4n) is 0.494. The molecule has 1 rings (SSSR count). The molecule has 0 saturated carbocycles. The van der Waals surface area contributed by atoms with E-state index in [9.17, 15) is 9.59 Å². The molecule has 1 unspecified atom stereocenters. The van der Waals surface area contributed by atoms with E-state index in [4.69, 9.17) is 5.11 Å². The number of hydrogen-bond acceptors (Lipinski definition) is 3. The van der Waals surface area contributed by atoms with E-state index >= 15 is 0 Å². The Morgan fingerprint density at radius 1 is 1.50 bits per heavy atom. The Balaban J connectivity index is 2.85. The molecule has 0 heterocycles. The van der Waals surface area contributed by atoms with Crippen LogP contribution in [0.3, 0.4) is 0 Å². The molecule has 1 aliphatic rings. The lowest BCUT2D eigenvalue weighted by molar-refractivity contribution is -0.136. The van der Waals surface area contributed by atoms with Gasteiger partial charge in [-0.1, -0.05) is 0 Å². The molecular weight excluding hydrogens is 108 g/mol. The predicted molar refractivity (Wildman–Crippen MR) is 25.2 cm³/mol. The molecule has 0 saturated heterocycles. The van der Waals surface area contributed by atoms with Crippen LogP contribution >= 0.6 is 0 Å². The molecule has 0 radical (unpaired) electrons. The van der Waals surface area contributed by atoms with Crippen molar-refractivity contribution in [1.82, 2.24) is 0 Å². The van der Waals surface area contributed by atoms with Gasteiger partial charge in [-0.2, -0.15) is 0 Å². The third kappa shape index (κ3) is 0.567. The highest BCUT2D eigenvalue weighted by atomic mass is 16.3. The van der Waals surface area contributed by atoms with Crippen LogP contribution < -0.4 is 0 Å². The minimum Gasteiger partial charge on any atom is -0.381 e. The maximum atomic E-state index is 10.2. The van der Waals surface area contributed by atoms with Crippen LogP contribution in [0, 0.1) is 0 Å². The van der Waals surface area contributed by atoms with Crippen LogP contribution in [0.4, 0.5) is 0 Å². The van der Waals surface area contributed by atoms with E-state index in [1.165, 1.54) is 6.08 Å². The van der Waals surface area contributed by atoms with Gasteiger partial charge in [0.1, 0.15) is 6.10 Å². The summed E-state index contributed by atoms with van der Waals surface area (Å²) in [5, 5.41) is 8.51. The molecule has 0 aromatic heterocycles. The number of aliphatic hydroxyl groups is 1. The highest BCUT2D eigenvalue weighted by molar-refractivity contribution is 6.45. The zero-order valence-corrected chi connectivity index (χ0v) is 4.00. The molecule has 42 valence electrons. The van der Waals surface area contributed by atoms with E-state index in [1.807, 2.05) is 0 Å². The average Bonchev–Trinajstić information content (AvgIpc) is 1.98. The van der Waals surface area contributed by atoms with Gasteiger partial charge in [-0.25, -0.2) is 0 Å². The Morgan fingerprint density at radius 3 is 2.25 bits per heavy atom. The molecule has 1 atom stereocenters. The SMILES string of the molecule is O=C1C=CC(O)C1=O. The first-order valence-electron chi connectivity index (χ1n) is 2.16. The Bertz CT molecular complexity index is 169. The Labute approximate surface area is 45.6 Å². The van der Waals surface area contributed by atoms with Gasteiger partial charge >= 0.3 is 0 Å². The molecular formula is C5H4O3. The normalized spacial score (nSPS) is 27.4. The molecule has 0 aliphatic heterocycles. The van der Waals surface area contributed by atoms with Gasteiger partial charge in [0.15, 0.2) is 0 Å². The molecule has 1 aliphatic carbocycles. The number of carbonyl (C=O) groups excluding carboxylic acids is 2. The van der Waals surface area contributed by atoms with Crippen LogP contribution in [-0.4, -0.2) is 22.8 Å². The Morgan fingerprint density at radius 2 is 2.12 bits per heavy atom. The van der Waals surface area contributed by atoms with Gasteiger partial charge < -0.3 is 5.11 Å². The van der Waals surface area contributed by atoms with Gasteiger partial charge in [-0.3, -0.25) is 9.59 Å². The maximum absolute atomic E-state index is 10.2. The molecule has 0 spiro atoms. The van der Waals surface area contributed by atoms with E-state index in [-0.39, 0.29) is 0 Å². The third-order valence-electron chi connectivity index (χ3n) is 0.941. The van der Waals surface area contributed by atoms with Crippen molar-refractivity contribution in [3.63, 3.8) is 0 Å². The van der Waals surface area contributed by atoms with Crippen LogP contribution in [-0.2, 0) is 9.59 Å². The molecule has 1 N–H and O–H groups in total. The summed E-state index contributed by atoms with van der Waals surface area (Å²) in [5.41, 5.74) is 0. The van der Waals surface area contributed by atoms with E-state index < -0.39 is 17.7 Å². The lowest BCUT2D eigenvalue weighted by atomic mass is 10.3. The number of hydrogen-bond donors (Lipinski definition) is 1. The van der Waals surface area contributed by atoms with Crippen molar-refractivity contribution >= 4 is 11.6 Å². The van der Waals surface area contributed by atoms with Gasteiger partial charge in [0.25, 0.3) is 0 Å². The first kappa shape index (κ1) is 5.18. The van der Waals surface area contributed by atoms with Crippen molar-refractivity contribution in [2.24, 2.45) is 0 Å². The van der Waals surface area contributed by atoms with Crippen molar-refractivity contribution < 1.29 is 14.7 Å². The molecule has 0 aromatic carbocycles. The monoisotopic (exact) mass is 112 g/mol. The van der Waals surface area contributed by atoms with Gasteiger partial charge in [0.2, 0.25) is 11.6 Å². The van der Waals surface area contributed by atoms with Crippen molar-refractivity contribution in [2.45, 2.75) is 6.10 Å². The van der Waals surface area contributed by atoms with Crippen LogP contribution in [0.5, 0.6) is 0 Å². The number of allylic oxidation sites excluding steroid dienone is 1. The minimum absolute atomic E-state index is 0.613. The summed E-state index contributed by atoms with van der Waals surface area (Å²) < 4.78 is 0. The number of carbonyl (C=O) groups is 2. The first-order valence-corrected chi connectivity index (χ1v) is 2.16. The summed E-state index contributed by atoms with van der Waals surface area (Å²) in [4.78, 5) is 20.4. The number of rotatable bonds is 0.